The number of para-hydroxylation sites is 1. The molecule has 0 radical (unpaired) electrons. The summed E-state index contributed by atoms with van der Waals surface area (Å²) in [5.41, 5.74) is -8.47. The van der Waals surface area contributed by atoms with Crippen LogP contribution in [0, 0.1) is 76.9 Å². The minimum absolute atomic E-state index is 0.181. The van der Waals surface area contributed by atoms with Crippen molar-refractivity contribution in [2.75, 3.05) is 20.3 Å². The van der Waals surface area contributed by atoms with Crippen molar-refractivity contribution < 1.29 is 83.4 Å². The summed E-state index contributed by atoms with van der Waals surface area (Å²) in [6.07, 6.45) is -5.62. The SMILES string of the molecule is COCCOc1ccccc1[I+]c1ccccc1.Fc1c(F)c(Cl)c(Cl)c([B-](c2c(F)c(F)c(F)c(Cl)c2Cl)(c2c(F)c(F)c(F)c(Cl)c2Cl)c2c(F)c(F)c(F)c(Cl)c2Cl)c1F. The van der Waals surface area contributed by atoms with Gasteiger partial charge in [-0.05, 0) is 24.3 Å². The van der Waals surface area contributed by atoms with E-state index in [0.717, 1.165) is 5.75 Å². The monoisotopic (exact) mass is 1160 g/mol. The molecular weight excluding hydrogens is 1150 g/mol. The van der Waals surface area contributed by atoms with Gasteiger partial charge < -0.3 is 9.47 Å². The lowest BCUT2D eigenvalue weighted by Crippen LogP contribution is -3.61. The molecule has 0 aliphatic heterocycles. The maximum atomic E-state index is 16.0. The summed E-state index contributed by atoms with van der Waals surface area (Å²) < 4.78 is 196. The molecule has 0 atom stereocenters. The van der Waals surface area contributed by atoms with Crippen molar-refractivity contribution in [1.29, 1.82) is 0 Å². The Kier molecular flexibility index (Phi) is 17.0. The van der Waals surface area contributed by atoms with Gasteiger partial charge in [-0.15, -0.1) is 21.9 Å². The second-order valence-electron chi connectivity index (χ2n) is 12.5. The van der Waals surface area contributed by atoms with E-state index in [9.17, 15) is 17.6 Å². The third-order valence-electron chi connectivity index (χ3n) is 9.03. The normalized spacial score (nSPS) is 11.5. The van der Waals surface area contributed by atoms with Crippen LogP contribution < -0.4 is 47.8 Å². The highest BCUT2D eigenvalue weighted by Crippen LogP contribution is 2.40. The molecule has 0 fully saturated rings. The first-order valence-electron chi connectivity index (χ1n) is 16.7. The molecule has 6 aromatic carbocycles. The minimum Gasteiger partial charge on any atom is -0.486 e. The molecule has 0 saturated carbocycles. The van der Waals surface area contributed by atoms with Crippen LogP contribution in [0.3, 0.4) is 0 Å². The largest absolute Gasteiger partial charge is 0.486 e. The topological polar surface area (TPSA) is 18.5 Å². The first kappa shape index (κ1) is 51.3. The number of hydrogen-bond donors (Lipinski definition) is 0. The molecule has 0 N–H and O–H groups in total. The van der Waals surface area contributed by atoms with Crippen LogP contribution >= 0.6 is 92.8 Å². The third kappa shape index (κ3) is 9.24. The van der Waals surface area contributed by atoms with Gasteiger partial charge in [-0.1, -0.05) is 123 Å². The lowest BCUT2D eigenvalue weighted by atomic mass is 9.12. The first-order valence-corrected chi connectivity index (χ1v) is 21.9. The van der Waals surface area contributed by atoms with Crippen LogP contribution in [0.2, 0.25) is 40.2 Å². The summed E-state index contributed by atoms with van der Waals surface area (Å²) in [7, 11) is 1.69. The van der Waals surface area contributed by atoms with Crippen molar-refractivity contribution in [1.82, 2.24) is 0 Å². The summed E-state index contributed by atoms with van der Waals surface area (Å²) in [4.78, 5) is 0. The van der Waals surface area contributed by atoms with Crippen LogP contribution in [0.1, 0.15) is 0 Å². The van der Waals surface area contributed by atoms with Crippen molar-refractivity contribution in [3.8, 4) is 5.75 Å². The summed E-state index contributed by atoms with van der Waals surface area (Å²) in [6, 6.07) is 18.9. The Morgan fingerprint density at radius 3 is 1.05 bits per heavy atom. The van der Waals surface area contributed by atoms with Crippen molar-refractivity contribution in [3.05, 3.63) is 172 Å². The predicted molar refractivity (Wildman–Crippen MR) is 217 cm³/mol. The average molecular weight is 1170 g/mol. The molecule has 0 saturated heterocycles. The van der Waals surface area contributed by atoms with E-state index >= 15 is 35.1 Å². The number of halogens is 21. The number of methoxy groups -OCH3 is 1. The van der Waals surface area contributed by atoms with E-state index in [1.807, 2.05) is 18.2 Å². The van der Waals surface area contributed by atoms with Gasteiger partial charge in [0.15, 0.2) is 55.9 Å². The highest BCUT2D eigenvalue weighted by Gasteiger charge is 2.50. The van der Waals surface area contributed by atoms with Gasteiger partial charge in [-0.2, -0.15) is 0 Å². The zero-order valence-electron chi connectivity index (χ0n) is 30.4. The van der Waals surface area contributed by atoms with Crippen molar-refractivity contribution in [2.24, 2.45) is 0 Å². The lowest BCUT2D eigenvalue weighted by Gasteiger charge is -2.46. The van der Waals surface area contributed by atoms with E-state index in [1.165, 1.54) is 7.14 Å². The molecule has 0 aliphatic rings. The fourth-order valence-corrected chi connectivity index (χ4v) is 10.8. The van der Waals surface area contributed by atoms with Gasteiger partial charge in [0.2, 0.25) is 3.57 Å². The summed E-state index contributed by atoms with van der Waals surface area (Å²) in [5, 5.41) is -13.9. The maximum Gasteiger partial charge on any atom is 0.362 e. The van der Waals surface area contributed by atoms with E-state index in [2.05, 4.69) is 36.4 Å². The second-order valence-corrected chi connectivity index (χ2v) is 18.4. The van der Waals surface area contributed by atoms with E-state index in [4.69, 9.17) is 102 Å². The minimum atomic E-state index is -5.62. The van der Waals surface area contributed by atoms with Gasteiger partial charge in [0.1, 0.15) is 36.0 Å². The molecular formula is C39H16BCl8F12IO2. The molecule has 0 aliphatic carbocycles. The third-order valence-corrected chi connectivity index (χ3v) is 15.2. The zero-order valence-corrected chi connectivity index (χ0v) is 38.6. The van der Waals surface area contributed by atoms with Crippen molar-refractivity contribution >= 4 is 121 Å². The Labute approximate surface area is 399 Å². The zero-order chi connectivity index (χ0) is 47.0. The molecule has 2 nitrogen and oxygen atoms in total. The highest BCUT2D eigenvalue weighted by atomic mass is 127. The summed E-state index contributed by atoms with van der Waals surface area (Å²) in [5.74, 6) is -30.3. The molecule has 24 heteroatoms. The molecule has 63 heavy (non-hydrogen) atoms. The molecule has 0 heterocycles. The molecule has 6 rings (SSSR count). The molecule has 0 spiro atoms. The van der Waals surface area contributed by atoms with Gasteiger partial charge in [-0.3, -0.25) is 0 Å². The molecule has 0 aromatic heterocycles. The maximum absolute atomic E-state index is 16.0. The number of benzene rings is 6. The van der Waals surface area contributed by atoms with E-state index in [0.29, 0.717) is 13.2 Å². The van der Waals surface area contributed by atoms with Crippen LogP contribution in [0.25, 0.3) is 0 Å². The van der Waals surface area contributed by atoms with Crippen LogP contribution in [0.15, 0.2) is 54.6 Å². The Morgan fingerprint density at radius 2 is 0.714 bits per heavy atom. The van der Waals surface area contributed by atoms with Crippen LogP contribution in [0.4, 0.5) is 52.7 Å². The Hall–Kier alpha value is -2.65. The number of hydrogen-bond acceptors (Lipinski definition) is 2. The fraction of sp³-hybridized carbons (Fsp3) is 0.0769. The second kappa shape index (κ2) is 20.9. The molecule has 0 amide bonds. The molecule has 6 aromatic rings. The van der Waals surface area contributed by atoms with Crippen LogP contribution in [-0.2, 0) is 4.74 Å². The number of ether oxygens (including phenoxy) is 2. The van der Waals surface area contributed by atoms with Gasteiger partial charge in [0.05, 0.1) is 26.7 Å². The van der Waals surface area contributed by atoms with E-state index < -0.39 is 138 Å². The van der Waals surface area contributed by atoms with Gasteiger partial charge >= 0.3 is 21.2 Å². The highest BCUT2D eigenvalue weighted by molar-refractivity contribution is 7.22. The Bertz CT molecular complexity index is 2380. The summed E-state index contributed by atoms with van der Waals surface area (Å²) >= 11 is 46.5. The average Bonchev–Trinajstić information content (AvgIpc) is 3.27. The van der Waals surface area contributed by atoms with Crippen LogP contribution in [-0.4, -0.2) is 26.5 Å². The Morgan fingerprint density at radius 1 is 0.397 bits per heavy atom. The predicted octanol–water partition coefficient (Wildman–Crippen LogP) is 9.80. The lowest BCUT2D eigenvalue weighted by molar-refractivity contribution is -0.598. The molecule has 334 valence electrons. The van der Waals surface area contributed by atoms with Crippen LogP contribution in [0.5, 0.6) is 5.75 Å². The molecule has 0 bridgehead atoms. The first-order chi connectivity index (χ1) is 29.6. The quantitative estimate of drug-likeness (QED) is 0.0340. The van der Waals surface area contributed by atoms with Gasteiger partial charge in [-0.25, -0.2) is 52.7 Å². The van der Waals surface area contributed by atoms with Crippen molar-refractivity contribution in [2.45, 2.75) is 0 Å². The van der Waals surface area contributed by atoms with Gasteiger partial charge in [0, 0.05) is 27.2 Å². The summed E-state index contributed by atoms with van der Waals surface area (Å²) in [6.45, 7) is 1.23. The standard InChI is InChI=1S/C24BCl8F12.C15H16IO2/c26-5-1(13(34)21(42)17(38)9(5)30)25(2-6(27)10(31)18(39)22(43)14(2)35,3-7(28)11(32)19(40)23(44)15(3)36)4-8(29)12(33)20(41)24(45)16(4)37;1-17-11-12-18-15-10-6-5-9-14(15)16-13-7-3-2-4-8-13/h;2-10H,11-12H2,1H3/q-1;+1. The van der Waals surface area contributed by atoms with E-state index in [1.54, 1.807) is 7.11 Å². The molecule has 0 unspecified atom stereocenters. The van der Waals surface area contributed by atoms with E-state index in [-0.39, 0.29) is 21.2 Å². The van der Waals surface area contributed by atoms with Crippen molar-refractivity contribution in [3.63, 3.8) is 0 Å². The fourth-order valence-electron chi connectivity index (χ4n) is 6.34. The van der Waals surface area contributed by atoms with Gasteiger partial charge in [0.25, 0.3) is 0 Å². The number of rotatable bonds is 10. The Balaban J connectivity index is 0.000000345. The smallest absolute Gasteiger partial charge is 0.362 e.